The Morgan fingerprint density at radius 3 is 2.68 bits per heavy atom. The lowest BCUT2D eigenvalue weighted by atomic mass is 9.97. The molecule has 106 valence electrons. The fourth-order valence-electron chi connectivity index (χ4n) is 2.30. The van der Waals surface area contributed by atoms with Crippen LogP contribution in [0.25, 0.3) is 0 Å². The number of rotatable bonds is 5. The summed E-state index contributed by atoms with van der Waals surface area (Å²) in [6.07, 6.45) is 3.88. The molecule has 0 atom stereocenters. The number of likely N-dealkylation sites (tertiary alicyclic amines) is 1. The first-order valence-electron chi connectivity index (χ1n) is 6.52. The standard InChI is InChI=1S/C12H22N6O/c1-18-5-3-9(4-6-18)7-14-11-10(19-2)12(17-13)16-8-15-11/h8-9H,3-7,13H2,1-2H3,(H2,14,15,16,17). The number of hydrogen-bond donors (Lipinski definition) is 3. The summed E-state index contributed by atoms with van der Waals surface area (Å²) in [6, 6.07) is 0. The lowest BCUT2D eigenvalue weighted by molar-refractivity contribution is 0.226. The average molecular weight is 266 g/mol. The van der Waals surface area contributed by atoms with Crippen molar-refractivity contribution >= 4 is 11.6 Å². The van der Waals surface area contributed by atoms with Crippen LogP contribution in [0.4, 0.5) is 11.6 Å². The molecule has 0 amide bonds. The number of nitrogen functional groups attached to an aromatic ring is 1. The largest absolute Gasteiger partial charge is 0.490 e. The summed E-state index contributed by atoms with van der Waals surface area (Å²) >= 11 is 0. The number of nitrogens with zero attached hydrogens (tertiary/aromatic N) is 3. The van der Waals surface area contributed by atoms with Crippen molar-refractivity contribution in [1.29, 1.82) is 0 Å². The topological polar surface area (TPSA) is 88.3 Å². The lowest BCUT2D eigenvalue weighted by Gasteiger charge is -2.29. The van der Waals surface area contributed by atoms with Gasteiger partial charge >= 0.3 is 0 Å². The van der Waals surface area contributed by atoms with Crippen LogP contribution in [0.3, 0.4) is 0 Å². The first-order chi connectivity index (χ1) is 9.24. The van der Waals surface area contributed by atoms with Crippen molar-refractivity contribution in [3.8, 4) is 5.75 Å². The third-order valence-electron chi connectivity index (χ3n) is 3.54. The Labute approximate surface area is 113 Å². The van der Waals surface area contributed by atoms with E-state index in [1.165, 1.54) is 19.2 Å². The van der Waals surface area contributed by atoms with Gasteiger partial charge in [0.15, 0.2) is 11.6 Å². The number of ether oxygens (including phenoxy) is 1. The molecular weight excluding hydrogens is 244 g/mol. The number of nitrogens with one attached hydrogen (secondary N) is 2. The highest BCUT2D eigenvalue weighted by molar-refractivity contribution is 5.62. The molecular formula is C12H22N6O. The van der Waals surface area contributed by atoms with Gasteiger partial charge in [-0.3, -0.25) is 0 Å². The second-order valence-electron chi connectivity index (χ2n) is 4.88. The maximum absolute atomic E-state index is 5.40. The van der Waals surface area contributed by atoms with Crippen LogP contribution in [0.2, 0.25) is 0 Å². The number of nitrogens with two attached hydrogens (primary N) is 1. The van der Waals surface area contributed by atoms with Crippen LogP contribution in [0.1, 0.15) is 12.8 Å². The van der Waals surface area contributed by atoms with E-state index in [0.717, 1.165) is 19.6 Å². The van der Waals surface area contributed by atoms with Gasteiger partial charge in [-0.15, -0.1) is 0 Å². The molecule has 19 heavy (non-hydrogen) atoms. The van der Waals surface area contributed by atoms with Gasteiger partial charge < -0.3 is 20.4 Å². The Balaban J connectivity index is 1.95. The highest BCUT2D eigenvalue weighted by Crippen LogP contribution is 2.28. The normalized spacial score (nSPS) is 17.2. The van der Waals surface area contributed by atoms with Crippen LogP contribution in [0.15, 0.2) is 6.33 Å². The van der Waals surface area contributed by atoms with E-state index in [0.29, 0.717) is 23.3 Å². The zero-order valence-corrected chi connectivity index (χ0v) is 11.5. The first-order valence-corrected chi connectivity index (χ1v) is 6.52. The second-order valence-corrected chi connectivity index (χ2v) is 4.88. The molecule has 7 heteroatoms. The van der Waals surface area contributed by atoms with Crippen molar-refractivity contribution in [2.75, 3.05) is 44.5 Å². The quantitative estimate of drug-likeness (QED) is 0.529. The van der Waals surface area contributed by atoms with E-state index in [9.17, 15) is 0 Å². The average Bonchev–Trinajstić information content (AvgIpc) is 2.46. The van der Waals surface area contributed by atoms with Gasteiger partial charge in [0, 0.05) is 6.54 Å². The van der Waals surface area contributed by atoms with Crippen molar-refractivity contribution in [3.05, 3.63) is 6.33 Å². The van der Waals surface area contributed by atoms with Crippen molar-refractivity contribution in [1.82, 2.24) is 14.9 Å². The molecule has 2 rings (SSSR count). The van der Waals surface area contributed by atoms with E-state index in [-0.39, 0.29) is 0 Å². The predicted octanol–water partition coefficient (Wildman–Crippen LogP) is 0.524. The molecule has 1 aromatic heterocycles. The Bertz CT molecular complexity index is 405. The van der Waals surface area contributed by atoms with E-state index < -0.39 is 0 Å². The number of anilines is 2. The molecule has 1 saturated heterocycles. The third-order valence-corrected chi connectivity index (χ3v) is 3.54. The number of methoxy groups -OCH3 is 1. The van der Waals surface area contributed by atoms with Gasteiger partial charge in [-0.2, -0.15) is 0 Å². The van der Waals surface area contributed by atoms with Crippen LogP contribution in [0.5, 0.6) is 5.75 Å². The molecule has 1 aliphatic heterocycles. The molecule has 0 saturated carbocycles. The van der Waals surface area contributed by atoms with Crippen molar-refractivity contribution in [2.45, 2.75) is 12.8 Å². The van der Waals surface area contributed by atoms with Gasteiger partial charge in [0.25, 0.3) is 0 Å². The lowest BCUT2D eigenvalue weighted by Crippen LogP contribution is -2.33. The van der Waals surface area contributed by atoms with Gasteiger partial charge in [-0.1, -0.05) is 0 Å². The van der Waals surface area contributed by atoms with Gasteiger partial charge in [0.2, 0.25) is 5.75 Å². The van der Waals surface area contributed by atoms with Crippen molar-refractivity contribution in [3.63, 3.8) is 0 Å². The van der Waals surface area contributed by atoms with Gasteiger partial charge in [-0.25, -0.2) is 15.8 Å². The van der Waals surface area contributed by atoms with Crippen LogP contribution >= 0.6 is 0 Å². The number of hydrogen-bond acceptors (Lipinski definition) is 7. The maximum Gasteiger partial charge on any atom is 0.205 e. The van der Waals surface area contributed by atoms with Crippen LogP contribution in [0, 0.1) is 5.92 Å². The molecule has 0 aliphatic carbocycles. The minimum Gasteiger partial charge on any atom is -0.490 e. The van der Waals surface area contributed by atoms with Gasteiger partial charge in [-0.05, 0) is 38.9 Å². The van der Waals surface area contributed by atoms with Gasteiger partial charge in [0.1, 0.15) is 6.33 Å². The second kappa shape index (κ2) is 6.53. The smallest absolute Gasteiger partial charge is 0.205 e. The Morgan fingerprint density at radius 2 is 2.05 bits per heavy atom. The molecule has 0 unspecified atom stereocenters. The minimum absolute atomic E-state index is 0.489. The SMILES string of the molecule is COc1c(NN)ncnc1NCC1CCN(C)CC1. The Hall–Kier alpha value is -1.60. The summed E-state index contributed by atoms with van der Waals surface area (Å²) in [5.74, 6) is 7.79. The molecule has 0 bridgehead atoms. The van der Waals surface area contributed by atoms with E-state index >= 15 is 0 Å². The fraction of sp³-hybridized carbons (Fsp3) is 0.667. The highest BCUT2D eigenvalue weighted by atomic mass is 16.5. The molecule has 0 spiro atoms. The minimum atomic E-state index is 0.489. The summed E-state index contributed by atoms with van der Waals surface area (Å²) in [4.78, 5) is 10.6. The summed E-state index contributed by atoms with van der Waals surface area (Å²) in [5, 5.41) is 3.33. The molecule has 1 fully saturated rings. The van der Waals surface area contributed by atoms with E-state index in [1.54, 1.807) is 7.11 Å². The monoisotopic (exact) mass is 266 g/mol. The number of piperidine rings is 1. The molecule has 1 aliphatic rings. The molecule has 1 aromatic rings. The van der Waals surface area contributed by atoms with E-state index in [2.05, 4.69) is 32.7 Å². The Kier molecular flexibility index (Phi) is 4.75. The molecule has 0 aromatic carbocycles. The van der Waals surface area contributed by atoms with Gasteiger partial charge in [0.05, 0.1) is 7.11 Å². The molecule has 7 nitrogen and oxygen atoms in total. The summed E-state index contributed by atoms with van der Waals surface area (Å²) in [6.45, 7) is 3.21. The third kappa shape index (κ3) is 3.45. The first kappa shape index (κ1) is 13.8. The van der Waals surface area contributed by atoms with Crippen molar-refractivity contribution < 1.29 is 4.74 Å². The van der Waals surface area contributed by atoms with E-state index in [4.69, 9.17) is 10.6 Å². The van der Waals surface area contributed by atoms with Crippen LogP contribution < -0.4 is 21.3 Å². The summed E-state index contributed by atoms with van der Waals surface area (Å²) in [7, 11) is 3.75. The maximum atomic E-state index is 5.40. The Morgan fingerprint density at radius 1 is 1.37 bits per heavy atom. The van der Waals surface area contributed by atoms with E-state index in [1.807, 2.05) is 0 Å². The number of hydrazine groups is 1. The molecule has 4 N–H and O–H groups in total. The molecule has 2 heterocycles. The fourth-order valence-corrected chi connectivity index (χ4v) is 2.30. The summed E-state index contributed by atoms with van der Waals surface area (Å²) < 4.78 is 5.29. The summed E-state index contributed by atoms with van der Waals surface area (Å²) in [5.41, 5.74) is 2.51. The highest BCUT2D eigenvalue weighted by Gasteiger charge is 2.18. The zero-order chi connectivity index (χ0) is 13.7. The molecule has 0 radical (unpaired) electrons. The van der Waals surface area contributed by atoms with Crippen molar-refractivity contribution in [2.24, 2.45) is 11.8 Å². The van der Waals surface area contributed by atoms with Crippen LogP contribution in [-0.2, 0) is 0 Å². The predicted molar refractivity (Wildman–Crippen MR) is 75.1 cm³/mol. The zero-order valence-electron chi connectivity index (χ0n) is 11.5. The number of aromatic nitrogens is 2. The van der Waals surface area contributed by atoms with Crippen LogP contribution in [-0.4, -0.2) is 48.7 Å².